The van der Waals surface area contributed by atoms with E-state index in [9.17, 15) is 4.79 Å². The third-order valence-electron chi connectivity index (χ3n) is 2.98. The summed E-state index contributed by atoms with van der Waals surface area (Å²) in [6, 6.07) is 0.362. The molecule has 1 saturated carbocycles. The molecule has 1 aliphatic carbocycles. The molecule has 1 aromatic heterocycles. The third kappa shape index (κ3) is 2.41. The van der Waals surface area contributed by atoms with Gasteiger partial charge < -0.3 is 10.0 Å². The molecule has 1 fully saturated rings. The van der Waals surface area contributed by atoms with Gasteiger partial charge in [0.15, 0.2) is 0 Å². The van der Waals surface area contributed by atoms with Gasteiger partial charge in [-0.15, -0.1) is 11.3 Å². The van der Waals surface area contributed by atoms with Gasteiger partial charge >= 0.3 is 0 Å². The van der Waals surface area contributed by atoms with Crippen LogP contribution in [0.25, 0.3) is 0 Å². The topological polar surface area (TPSA) is 53.4 Å². The molecule has 88 valence electrons. The molecule has 4 nitrogen and oxygen atoms in total. The molecule has 0 bridgehead atoms. The van der Waals surface area contributed by atoms with E-state index in [1.54, 1.807) is 10.9 Å². The van der Waals surface area contributed by atoms with Crippen molar-refractivity contribution in [2.24, 2.45) is 0 Å². The predicted molar refractivity (Wildman–Crippen MR) is 62.5 cm³/mol. The van der Waals surface area contributed by atoms with Crippen molar-refractivity contribution in [3.8, 4) is 0 Å². The maximum absolute atomic E-state index is 12.1. The van der Waals surface area contributed by atoms with Gasteiger partial charge in [-0.3, -0.25) is 4.79 Å². The number of aromatic nitrogens is 1. The molecular formula is C11H16N2O2S. The molecule has 0 atom stereocenters. The Hall–Kier alpha value is -0.940. The van der Waals surface area contributed by atoms with Crippen LogP contribution in [0.15, 0.2) is 10.9 Å². The smallest absolute Gasteiger partial charge is 0.273 e. The minimum atomic E-state index is 0.0133. The largest absolute Gasteiger partial charge is 0.396 e. The molecule has 1 amide bonds. The first-order valence-electron chi connectivity index (χ1n) is 5.63. The van der Waals surface area contributed by atoms with Crippen molar-refractivity contribution in [1.29, 1.82) is 0 Å². The number of carbonyl (C=O) groups excluding carboxylic acids is 1. The highest BCUT2D eigenvalue weighted by molar-refractivity contribution is 7.07. The SMILES string of the molecule is O=C(c1cscn1)N(CCCO)C1CCC1. The van der Waals surface area contributed by atoms with Crippen LogP contribution in [0.2, 0.25) is 0 Å². The minimum absolute atomic E-state index is 0.0133. The van der Waals surface area contributed by atoms with E-state index in [0.29, 0.717) is 24.7 Å². The van der Waals surface area contributed by atoms with Gasteiger partial charge in [-0.25, -0.2) is 4.98 Å². The highest BCUT2D eigenvalue weighted by Crippen LogP contribution is 2.26. The summed E-state index contributed by atoms with van der Waals surface area (Å²) in [6.45, 7) is 0.769. The minimum Gasteiger partial charge on any atom is -0.396 e. The summed E-state index contributed by atoms with van der Waals surface area (Å²) in [7, 11) is 0. The van der Waals surface area contributed by atoms with Gasteiger partial charge in [0.1, 0.15) is 5.69 Å². The molecule has 1 N–H and O–H groups in total. The molecule has 0 aliphatic heterocycles. The van der Waals surface area contributed by atoms with Crippen LogP contribution in [0.4, 0.5) is 0 Å². The standard InChI is InChI=1S/C11H16N2O2S/c14-6-2-5-13(9-3-1-4-9)11(15)10-7-16-8-12-10/h7-9,14H,1-6H2. The summed E-state index contributed by atoms with van der Waals surface area (Å²) in [6.07, 6.45) is 4.01. The van der Waals surface area contributed by atoms with Crippen molar-refractivity contribution >= 4 is 17.2 Å². The fourth-order valence-corrected chi connectivity index (χ4v) is 2.38. The molecule has 0 saturated heterocycles. The second kappa shape index (κ2) is 5.41. The lowest BCUT2D eigenvalue weighted by Crippen LogP contribution is -2.45. The quantitative estimate of drug-likeness (QED) is 0.849. The molecular weight excluding hydrogens is 224 g/mol. The van der Waals surface area contributed by atoms with E-state index in [0.717, 1.165) is 12.8 Å². The number of amides is 1. The number of aliphatic hydroxyl groups is 1. The van der Waals surface area contributed by atoms with Crippen molar-refractivity contribution < 1.29 is 9.90 Å². The average molecular weight is 240 g/mol. The molecule has 2 rings (SSSR count). The zero-order chi connectivity index (χ0) is 11.4. The summed E-state index contributed by atoms with van der Waals surface area (Å²) in [5.74, 6) is 0.0133. The number of aliphatic hydroxyl groups excluding tert-OH is 1. The summed E-state index contributed by atoms with van der Waals surface area (Å²) >= 11 is 1.44. The first kappa shape index (κ1) is 11.5. The zero-order valence-electron chi connectivity index (χ0n) is 9.13. The highest BCUT2D eigenvalue weighted by atomic mass is 32.1. The van der Waals surface area contributed by atoms with Gasteiger partial charge in [0.2, 0.25) is 0 Å². The van der Waals surface area contributed by atoms with Crippen molar-refractivity contribution in [2.45, 2.75) is 31.7 Å². The van der Waals surface area contributed by atoms with Crippen molar-refractivity contribution in [3.63, 3.8) is 0 Å². The van der Waals surface area contributed by atoms with Gasteiger partial charge in [-0.1, -0.05) is 0 Å². The van der Waals surface area contributed by atoms with Crippen LogP contribution in [0, 0.1) is 0 Å². The Kier molecular flexibility index (Phi) is 3.90. The van der Waals surface area contributed by atoms with E-state index in [4.69, 9.17) is 5.11 Å². The van der Waals surface area contributed by atoms with Crippen LogP contribution in [-0.2, 0) is 0 Å². The van der Waals surface area contributed by atoms with Crippen LogP contribution in [0.1, 0.15) is 36.2 Å². The van der Waals surface area contributed by atoms with Gasteiger partial charge in [0.25, 0.3) is 5.91 Å². The second-order valence-corrected chi connectivity index (χ2v) is 4.75. The van der Waals surface area contributed by atoms with E-state index < -0.39 is 0 Å². The normalized spacial score (nSPS) is 15.8. The average Bonchev–Trinajstić information content (AvgIpc) is 2.73. The van der Waals surface area contributed by atoms with Gasteiger partial charge in [0.05, 0.1) is 5.51 Å². The van der Waals surface area contributed by atoms with Crippen molar-refractivity contribution in [2.75, 3.05) is 13.2 Å². The summed E-state index contributed by atoms with van der Waals surface area (Å²) < 4.78 is 0. The monoisotopic (exact) mass is 240 g/mol. The lowest BCUT2D eigenvalue weighted by molar-refractivity contribution is 0.0557. The van der Waals surface area contributed by atoms with Gasteiger partial charge in [-0.05, 0) is 25.7 Å². The molecule has 0 radical (unpaired) electrons. The highest BCUT2D eigenvalue weighted by Gasteiger charge is 2.29. The van der Waals surface area contributed by atoms with Crippen LogP contribution in [-0.4, -0.2) is 40.1 Å². The Morgan fingerprint density at radius 1 is 1.62 bits per heavy atom. The molecule has 0 unspecified atom stereocenters. The Morgan fingerprint density at radius 3 is 2.94 bits per heavy atom. The maximum atomic E-state index is 12.1. The molecule has 16 heavy (non-hydrogen) atoms. The van der Waals surface area contributed by atoms with Gasteiger partial charge in [-0.2, -0.15) is 0 Å². The number of rotatable bonds is 5. The number of carbonyl (C=O) groups is 1. The molecule has 0 aromatic carbocycles. The Bertz CT molecular complexity index is 336. The Labute approximate surface area is 98.9 Å². The third-order valence-corrected chi connectivity index (χ3v) is 3.57. The van der Waals surface area contributed by atoms with E-state index in [1.807, 2.05) is 4.90 Å². The first-order valence-corrected chi connectivity index (χ1v) is 6.57. The molecule has 0 spiro atoms. The first-order chi connectivity index (χ1) is 7.83. The van der Waals surface area contributed by atoms with Crippen LogP contribution >= 0.6 is 11.3 Å². The molecule has 1 aromatic rings. The van der Waals surface area contributed by atoms with E-state index in [2.05, 4.69) is 4.98 Å². The van der Waals surface area contributed by atoms with Crippen LogP contribution in [0.3, 0.4) is 0 Å². The maximum Gasteiger partial charge on any atom is 0.273 e. The second-order valence-electron chi connectivity index (χ2n) is 4.03. The van der Waals surface area contributed by atoms with Crippen LogP contribution < -0.4 is 0 Å². The fraction of sp³-hybridized carbons (Fsp3) is 0.636. The lowest BCUT2D eigenvalue weighted by atomic mass is 9.91. The zero-order valence-corrected chi connectivity index (χ0v) is 9.95. The molecule has 1 aliphatic rings. The van der Waals surface area contributed by atoms with Crippen molar-refractivity contribution in [1.82, 2.24) is 9.88 Å². The van der Waals surface area contributed by atoms with E-state index in [-0.39, 0.29) is 12.5 Å². The Balaban J connectivity index is 2.02. The number of nitrogens with zero attached hydrogens (tertiary/aromatic N) is 2. The summed E-state index contributed by atoms with van der Waals surface area (Å²) in [5.41, 5.74) is 2.22. The lowest BCUT2D eigenvalue weighted by Gasteiger charge is -2.37. The molecule has 1 heterocycles. The van der Waals surface area contributed by atoms with Crippen LogP contribution in [0.5, 0.6) is 0 Å². The summed E-state index contributed by atoms with van der Waals surface area (Å²) in [5, 5.41) is 10.6. The summed E-state index contributed by atoms with van der Waals surface area (Å²) in [4.78, 5) is 18.1. The molecule has 5 heteroatoms. The predicted octanol–water partition coefficient (Wildman–Crippen LogP) is 1.52. The number of hydrogen-bond donors (Lipinski definition) is 1. The van der Waals surface area contributed by atoms with E-state index >= 15 is 0 Å². The fourth-order valence-electron chi connectivity index (χ4n) is 1.85. The van der Waals surface area contributed by atoms with Crippen molar-refractivity contribution in [3.05, 3.63) is 16.6 Å². The number of hydrogen-bond acceptors (Lipinski definition) is 4. The number of thiazole rings is 1. The van der Waals surface area contributed by atoms with Gasteiger partial charge in [0, 0.05) is 24.6 Å². The Morgan fingerprint density at radius 2 is 2.44 bits per heavy atom. The van der Waals surface area contributed by atoms with E-state index in [1.165, 1.54) is 17.8 Å².